The summed E-state index contributed by atoms with van der Waals surface area (Å²) in [4.78, 5) is 40.0. The standard InChI is InChI=1S/C16H16N4O3/c21-14-7-6-11(10-18-14)15(22)17-8-3-9-20-13-5-2-1-4-12(13)19-16(20)23/h1-2,4-7,10H,3,8-9H2,(H,17,22)(H,18,21)(H,19,23). The number of rotatable bonds is 5. The van der Waals surface area contributed by atoms with Gasteiger partial charge in [0, 0.05) is 25.4 Å². The molecule has 3 rings (SSSR count). The molecule has 0 atom stereocenters. The summed E-state index contributed by atoms with van der Waals surface area (Å²) in [6, 6.07) is 10.3. The maximum Gasteiger partial charge on any atom is 0.326 e. The third-order valence-electron chi connectivity index (χ3n) is 3.57. The fraction of sp³-hybridized carbons (Fsp3) is 0.188. The number of hydrogen-bond donors (Lipinski definition) is 3. The number of H-pyrrole nitrogens is 2. The van der Waals surface area contributed by atoms with Gasteiger partial charge in [-0.2, -0.15) is 0 Å². The van der Waals surface area contributed by atoms with Gasteiger partial charge in [-0.05, 0) is 24.6 Å². The topological polar surface area (TPSA) is 99.8 Å². The maximum atomic E-state index is 11.9. The lowest BCUT2D eigenvalue weighted by atomic mass is 10.2. The van der Waals surface area contributed by atoms with E-state index in [9.17, 15) is 14.4 Å². The molecule has 2 aromatic heterocycles. The van der Waals surface area contributed by atoms with E-state index in [4.69, 9.17) is 0 Å². The maximum absolute atomic E-state index is 11.9. The van der Waals surface area contributed by atoms with E-state index >= 15 is 0 Å². The Balaban J connectivity index is 1.58. The molecule has 2 heterocycles. The number of hydrogen-bond acceptors (Lipinski definition) is 3. The molecule has 7 nitrogen and oxygen atoms in total. The predicted octanol–water partition coefficient (Wildman–Crippen LogP) is 0.838. The van der Waals surface area contributed by atoms with Gasteiger partial charge in [0.1, 0.15) is 0 Å². The number of carbonyl (C=O) groups is 1. The summed E-state index contributed by atoms with van der Waals surface area (Å²) >= 11 is 0. The average molecular weight is 312 g/mol. The van der Waals surface area contributed by atoms with Gasteiger partial charge in [0.25, 0.3) is 5.91 Å². The lowest BCUT2D eigenvalue weighted by molar-refractivity contribution is 0.0952. The average Bonchev–Trinajstić information content (AvgIpc) is 2.87. The van der Waals surface area contributed by atoms with Gasteiger partial charge >= 0.3 is 5.69 Å². The zero-order chi connectivity index (χ0) is 16.2. The van der Waals surface area contributed by atoms with E-state index in [1.807, 2.05) is 24.3 Å². The minimum atomic E-state index is -0.257. The molecule has 0 radical (unpaired) electrons. The molecule has 23 heavy (non-hydrogen) atoms. The first-order chi connectivity index (χ1) is 11.1. The first kappa shape index (κ1) is 14.8. The smallest absolute Gasteiger partial charge is 0.326 e. The summed E-state index contributed by atoms with van der Waals surface area (Å²) in [5, 5.41) is 2.76. The molecule has 0 spiro atoms. The highest BCUT2D eigenvalue weighted by Crippen LogP contribution is 2.09. The summed E-state index contributed by atoms with van der Waals surface area (Å²) in [7, 11) is 0. The minimum Gasteiger partial charge on any atom is -0.352 e. The number of aryl methyl sites for hydroxylation is 1. The molecule has 0 aliphatic carbocycles. The number of benzene rings is 1. The van der Waals surface area contributed by atoms with Crippen LogP contribution in [0.5, 0.6) is 0 Å². The van der Waals surface area contributed by atoms with E-state index in [0.29, 0.717) is 25.1 Å². The number of nitrogens with zero attached hydrogens (tertiary/aromatic N) is 1. The second-order valence-electron chi connectivity index (χ2n) is 5.15. The number of para-hydroxylation sites is 2. The van der Waals surface area contributed by atoms with Gasteiger partial charge in [0.05, 0.1) is 16.6 Å². The first-order valence-corrected chi connectivity index (χ1v) is 7.29. The highest BCUT2D eigenvalue weighted by Gasteiger charge is 2.07. The Morgan fingerprint density at radius 1 is 1.13 bits per heavy atom. The molecule has 3 N–H and O–H groups in total. The molecule has 118 valence electrons. The van der Waals surface area contributed by atoms with E-state index in [0.717, 1.165) is 11.0 Å². The quantitative estimate of drug-likeness (QED) is 0.609. The Morgan fingerprint density at radius 2 is 1.96 bits per heavy atom. The van der Waals surface area contributed by atoms with Crippen molar-refractivity contribution in [3.63, 3.8) is 0 Å². The highest BCUT2D eigenvalue weighted by atomic mass is 16.2. The van der Waals surface area contributed by atoms with Crippen LogP contribution >= 0.6 is 0 Å². The van der Waals surface area contributed by atoms with Crippen LogP contribution in [0.1, 0.15) is 16.8 Å². The van der Waals surface area contributed by atoms with Crippen molar-refractivity contribution in [3.8, 4) is 0 Å². The molecule has 0 bridgehead atoms. The summed E-state index contributed by atoms with van der Waals surface area (Å²) in [6.45, 7) is 0.943. The number of aromatic nitrogens is 3. The van der Waals surface area contributed by atoms with E-state index in [1.54, 1.807) is 4.57 Å². The molecule has 0 unspecified atom stereocenters. The van der Waals surface area contributed by atoms with Gasteiger partial charge in [-0.1, -0.05) is 12.1 Å². The largest absolute Gasteiger partial charge is 0.352 e. The van der Waals surface area contributed by atoms with Crippen LogP contribution in [-0.2, 0) is 6.54 Å². The van der Waals surface area contributed by atoms with Crippen molar-refractivity contribution in [1.82, 2.24) is 19.9 Å². The predicted molar refractivity (Wildman–Crippen MR) is 86.6 cm³/mol. The molecule has 0 aliphatic heterocycles. The minimum absolute atomic E-state index is 0.154. The Bertz CT molecular complexity index is 931. The fourth-order valence-corrected chi connectivity index (χ4v) is 2.42. The summed E-state index contributed by atoms with van der Waals surface area (Å²) in [5.41, 5.74) is 1.64. The van der Waals surface area contributed by atoms with Crippen LogP contribution in [0.3, 0.4) is 0 Å². The van der Waals surface area contributed by atoms with Crippen LogP contribution in [-0.4, -0.2) is 27.0 Å². The molecule has 1 amide bonds. The Hall–Kier alpha value is -3.09. The van der Waals surface area contributed by atoms with Gasteiger partial charge in [0.15, 0.2) is 0 Å². The summed E-state index contributed by atoms with van der Waals surface area (Å²) < 4.78 is 1.65. The van der Waals surface area contributed by atoms with E-state index in [1.165, 1.54) is 18.3 Å². The Labute approximate surface area is 131 Å². The monoisotopic (exact) mass is 312 g/mol. The second-order valence-corrected chi connectivity index (χ2v) is 5.15. The van der Waals surface area contributed by atoms with Crippen LogP contribution in [0.15, 0.2) is 52.2 Å². The van der Waals surface area contributed by atoms with Crippen molar-refractivity contribution in [1.29, 1.82) is 0 Å². The Kier molecular flexibility index (Phi) is 4.09. The molecule has 0 saturated carbocycles. The third-order valence-corrected chi connectivity index (χ3v) is 3.57. The lowest BCUT2D eigenvalue weighted by Gasteiger charge is -2.06. The molecule has 0 fully saturated rings. The van der Waals surface area contributed by atoms with E-state index < -0.39 is 0 Å². The normalized spacial score (nSPS) is 10.8. The number of pyridine rings is 1. The molecule has 0 saturated heterocycles. The SMILES string of the molecule is O=C(NCCCn1c(=O)[nH]c2ccccc21)c1ccc(=O)[nH]c1. The molecule has 3 aromatic rings. The van der Waals surface area contributed by atoms with Crippen molar-refractivity contribution in [2.24, 2.45) is 0 Å². The fourth-order valence-electron chi connectivity index (χ4n) is 2.42. The van der Waals surface area contributed by atoms with Crippen molar-refractivity contribution in [3.05, 3.63) is 69.0 Å². The lowest BCUT2D eigenvalue weighted by Crippen LogP contribution is -2.27. The van der Waals surface area contributed by atoms with Crippen LogP contribution in [0.25, 0.3) is 11.0 Å². The number of nitrogens with one attached hydrogen (secondary N) is 3. The van der Waals surface area contributed by atoms with Crippen molar-refractivity contribution in [2.75, 3.05) is 6.54 Å². The third kappa shape index (κ3) is 3.23. The number of amides is 1. The second kappa shape index (κ2) is 6.35. The number of carbonyl (C=O) groups excluding carboxylic acids is 1. The van der Waals surface area contributed by atoms with Crippen LogP contribution in [0, 0.1) is 0 Å². The highest BCUT2D eigenvalue weighted by molar-refractivity contribution is 5.93. The van der Waals surface area contributed by atoms with Gasteiger partial charge in [-0.3, -0.25) is 14.2 Å². The van der Waals surface area contributed by atoms with E-state index in [2.05, 4.69) is 15.3 Å². The van der Waals surface area contributed by atoms with Crippen LogP contribution in [0.2, 0.25) is 0 Å². The molecular formula is C16H16N4O3. The van der Waals surface area contributed by atoms with Crippen molar-refractivity contribution >= 4 is 16.9 Å². The zero-order valence-electron chi connectivity index (χ0n) is 12.3. The first-order valence-electron chi connectivity index (χ1n) is 7.29. The summed E-state index contributed by atoms with van der Waals surface area (Å²) in [6.07, 6.45) is 2.00. The number of imidazole rings is 1. The van der Waals surface area contributed by atoms with Crippen molar-refractivity contribution in [2.45, 2.75) is 13.0 Å². The van der Waals surface area contributed by atoms with Gasteiger partial charge in [-0.15, -0.1) is 0 Å². The Morgan fingerprint density at radius 3 is 2.74 bits per heavy atom. The molecule has 0 aliphatic rings. The number of aromatic amines is 2. The van der Waals surface area contributed by atoms with Gasteiger partial charge < -0.3 is 15.3 Å². The molecule has 7 heteroatoms. The molecule has 1 aromatic carbocycles. The van der Waals surface area contributed by atoms with Gasteiger partial charge in [0.2, 0.25) is 5.56 Å². The van der Waals surface area contributed by atoms with Gasteiger partial charge in [-0.25, -0.2) is 4.79 Å². The zero-order valence-corrected chi connectivity index (χ0v) is 12.3. The molecular weight excluding hydrogens is 296 g/mol. The number of fused-ring (bicyclic) bond motifs is 1. The van der Waals surface area contributed by atoms with E-state index in [-0.39, 0.29) is 17.2 Å². The summed E-state index contributed by atoms with van der Waals surface area (Å²) in [5.74, 6) is -0.257. The van der Waals surface area contributed by atoms with Crippen molar-refractivity contribution < 1.29 is 4.79 Å². The van der Waals surface area contributed by atoms with Crippen LogP contribution in [0.4, 0.5) is 0 Å². The van der Waals surface area contributed by atoms with Crippen LogP contribution < -0.4 is 16.6 Å².